The van der Waals surface area contributed by atoms with Crippen molar-refractivity contribution in [3.8, 4) is 17.2 Å². The van der Waals surface area contributed by atoms with E-state index in [9.17, 15) is 4.39 Å². The minimum absolute atomic E-state index is 0.237. The van der Waals surface area contributed by atoms with Crippen LogP contribution in [0.1, 0.15) is 27.3 Å². The fourth-order valence-corrected chi connectivity index (χ4v) is 4.78. The molecule has 0 saturated carbocycles. The van der Waals surface area contributed by atoms with Crippen LogP contribution in [0.3, 0.4) is 0 Å². The maximum absolute atomic E-state index is 13.6. The maximum Gasteiger partial charge on any atom is 0.123 e. The Bertz CT molecular complexity index is 1330. The van der Waals surface area contributed by atoms with Gasteiger partial charge in [0.15, 0.2) is 0 Å². The first-order valence-corrected chi connectivity index (χ1v) is 11.9. The number of hydrogen-bond acceptors (Lipinski definition) is 5. The van der Waals surface area contributed by atoms with Gasteiger partial charge in [0.2, 0.25) is 0 Å². The molecule has 5 rings (SSSR count). The molecule has 172 valence electrons. The Morgan fingerprint density at radius 3 is 2.24 bits per heavy atom. The predicted molar refractivity (Wildman–Crippen MR) is 133 cm³/mol. The minimum Gasteiger partial charge on any atom is -0.497 e. The summed E-state index contributed by atoms with van der Waals surface area (Å²) >= 11 is 1.63. The van der Waals surface area contributed by atoms with Crippen molar-refractivity contribution in [1.82, 2.24) is 4.98 Å². The Kier molecular flexibility index (Phi) is 6.32. The third-order valence-electron chi connectivity index (χ3n) is 5.87. The lowest BCUT2D eigenvalue weighted by molar-refractivity contribution is 0.217. The third kappa shape index (κ3) is 4.54. The summed E-state index contributed by atoms with van der Waals surface area (Å²) in [6.45, 7) is 2.95. The van der Waals surface area contributed by atoms with E-state index >= 15 is 0 Å². The lowest BCUT2D eigenvalue weighted by atomic mass is 9.97. The van der Waals surface area contributed by atoms with Crippen molar-refractivity contribution in [1.29, 1.82) is 0 Å². The summed E-state index contributed by atoms with van der Waals surface area (Å²) in [5.74, 6) is 2.13. The van der Waals surface area contributed by atoms with Crippen molar-refractivity contribution in [2.45, 2.75) is 13.3 Å². The van der Waals surface area contributed by atoms with Gasteiger partial charge in [0, 0.05) is 10.5 Å². The minimum atomic E-state index is -0.237. The Hall–Kier alpha value is -3.64. The molecule has 1 aliphatic carbocycles. The monoisotopic (exact) mass is 473 g/mol. The molecule has 1 aromatic heterocycles. The van der Waals surface area contributed by atoms with E-state index in [0.717, 1.165) is 51.6 Å². The molecule has 1 heterocycles. The molecule has 0 unspecified atom stereocenters. The number of nitrogens with zero attached hydrogens (tertiary/aromatic N) is 1. The number of rotatable bonds is 8. The summed E-state index contributed by atoms with van der Waals surface area (Å²) in [6.07, 6.45) is 0.743. The zero-order valence-corrected chi connectivity index (χ0v) is 19.8. The zero-order chi connectivity index (χ0) is 23.5. The number of thiazole rings is 1. The third-order valence-corrected chi connectivity index (χ3v) is 6.63. The molecular weight excluding hydrogens is 449 g/mol. The van der Waals surface area contributed by atoms with E-state index in [1.165, 1.54) is 22.6 Å². The Balaban J connectivity index is 1.32. The van der Waals surface area contributed by atoms with Gasteiger partial charge in [-0.1, -0.05) is 18.2 Å². The SMILES string of the molecule is COc1ccc(OCCOc2ccc3c(c2)CC(c2ccc(F)cc2)=C3c2ncsc2C)cc1. The lowest BCUT2D eigenvalue weighted by Gasteiger charge is -2.11. The van der Waals surface area contributed by atoms with Gasteiger partial charge in [0.1, 0.15) is 36.3 Å². The first-order chi connectivity index (χ1) is 16.6. The second-order valence-electron chi connectivity index (χ2n) is 7.99. The first-order valence-electron chi connectivity index (χ1n) is 11.0. The molecule has 0 aliphatic heterocycles. The first kappa shape index (κ1) is 22.2. The fourth-order valence-electron chi connectivity index (χ4n) is 4.20. The number of hydrogen-bond donors (Lipinski definition) is 0. The summed E-state index contributed by atoms with van der Waals surface area (Å²) in [6, 6.07) is 20.3. The van der Waals surface area contributed by atoms with Crippen molar-refractivity contribution in [3.05, 3.63) is 105 Å². The summed E-state index contributed by atoms with van der Waals surface area (Å²) in [5.41, 5.74) is 8.47. The van der Waals surface area contributed by atoms with Crippen LogP contribution in [0.5, 0.6) is 17.2 Å². The van der Waals surface area contributed by atoms with E-state index in [1.54, 1.807) is 18.4 Å². The average molecular weight is 474 g/mol. The van der Waals surface area contributed by atoms with Crippen LogP contribution in [0.4, 0.5) is 4.39 Å². The van der Waals surface area contributed by atoms with Gasteiger partial charge < -0.3 is 14.2 Å². The van der Waals surface area contributed by atoms with Gasteiger partial charge in [-0.3, -0.25) is 0 Å². The number of fused-ring (bicyclic) bond motifs is 1. The number of halogens is 1. The second kappa shape index (κ2) is 9.69. The summed E-state index contributed by atoms with van der Waals surface area (Å²) in [5, 5.41) is 0. The molecule has 0 fully saturated rings. The largest absolute Gasteiger partial charge is 0.497 e. The summed E-state index contributed by atoms with van der Waals surface area (Å²) in [7, 11) is 1.64. The molecular formula is C28H24FNO3S. The van der Waals surface area contributed by atoms with E-state index in [-0.39, 0.29) is 5.82 Å². The van der Waals surface area contributed by atoms with Gasteiger partial charge in [-0.15, -0.1) is 11.3 Å². The van der Waals surface area contributed by atoms with Crippen LogP contribution in [-0.2, 0) is 6.42 Å². The molecule has 0 amide bonds. The van der Waals surface area contributed by atoms with Crippen LogP contribution in [0.15, 0.2) is 72.2 Å². The van der Waals surface area contributed by atoms with Gasteiger partial charge in [-0.2, -0.15) is 0 Å². The van der Waals surface area contributed by atoms with Crippen LogP contribution >= 0.6 is 11.3 Å². The Morgan fingerprint density at radius 2 is 1.56 bits per heavy atom. The molecule has 3 aromatic carbocycles. The van der Waals surface area contributed by atoms with E-state index in [0.29, 0.717) is 13.2 Å². The molecule has 4 nitrogen and oxygen atoms in total. The Labute approximate surface area is 202 Å². The smallest absolute Gasteiger partial charge is 0.123 e. The van der Waals surface area contributed by atoms with Crippen LogP contribution in [0, 0.1) is 12.7 Å². The normalized spacial score (nSPS) is 12.6. The highest BCUT2D eigenvalue weighted by Crippen LogP contribution is 2.44. The second-order valence-corrected chi connectivity index (χ2v) is 9.04. The van der Waals surface area contributed by atoms with Crippen LogP contribution in [0.25, 0.3) is 11.1 Å². The molecule has 0 N–H and O–H groups in total. The number of benzene rings is 3. The molecule has 0 atom stereocenters. The van der Waals surface area contributed by atoms with E-state index in [4.69, 9.17) is 14.2 Å². The van der Waals surface area contributed by atoms with Gasteiger partial charge in [0.25, 0.3) is 0 Å². The van der Waals surface area contributed by atoms with E-state index in [1.807, 2.05) is 48.0 Å². The van der Waals surface area contributed by atoms with Crippen molar-refractivity contribution >= 4 is 22.5 Å². The number of aromatic nitrogens is 1. The average Bonchev–Trinajstić information content (AvgIpc) is 3.45. The quantitative estimate of drug-likeness (QED) is 0.271. The topological polar surface area (TPSA) is 40.6 Å². The van der Waals surface area contributed by atoms with Crippen molar-refractivity contribution < 1.29 is 18.6 Å². The van der Waals surface area contributed by atoms with Gasteiger partial charge in [-0.05, 0) is 84.1 Å². The lowest BCUT2D eigenvalue weighted by Crippen LogP contribution is -2.09. The van der Waals surface area contributed by atoms with Crippen molar-refractivity contribution in [2.24, 2.45) is 0 Å². The van der Waals surface area contributed by atoms with Crippen molar-refractivity contribution in [3.63, 3.8) is 0 Å². The van der Waals surface area contributed by atoms with Crippen LogP contribution in [-0.4, -0.2) is 25.3 Å². The van der Waals surface area contributed by atoms with E-state index in [2.05, 4.69) is 24.0 Å². The number of methoxy groups -OCH3 is 1. The number of aryl methyl sites for hydroxylation is 1. The molecule has 1 aliphatic rings. The van der Waals surface area contributed by atoms with Gasteiger partial charge in [-0.25, -0.2) is 9.37 Å². The zero-order valence-electron chi connectivity index (χ0n) is 19.0. The fraction of sp³-hybridized carbons (Fsp3) is 0.179. The Morgan fingerprint density at radius 1 is 0.882 bits per heavy atom. The molecule has 0 radical (unpaired) electrons. The number of ether oxygens (including phenoxy) is 3. The molecule has 0 saturated heterocycles. The summed E-state index contributed by atoms with van der Waals surface area (Å²) in [4.78, 5) is 5.81. The standard InChI is InChI=1S/C28H24FNO3S/c1-18-28(30-17-34-18)27-25-12-11-24(33-14-13-32-23-9-7-22(31-2)8-10-23)15-20(25)16-26(27)19-3-5-21(29)6-4-19/h3-12,15,17H,13-14,16H2,1-2H3. The van der Waals surface area contributed by atoms with Gasteiger partial charge >= 0.3 is 0 Å². The predicted octanol–water partition coefficient (Wildman–Crippen LogP) is 6.57. The van der Waals surface area contributed by atoms with Crippen LogP contribution < -0.4 is 14.2 Å². The highest BCUT2D eigenvalue weighted by atomic mass is 32.1. The highest BCUT2D eigenvalue weighted by molar-refractivity contribution is 7.09. The van der Waals surface area contributed by atoms with Gasteiger partial charge in [0.05, 0.1) is 18.3 Å². The maximum atomic E-state index is 13.6. The number of allylic oxidation sites excluding steroid dienone is 1. The van der Waals surface area contributed by atoms with Crippen molar-refractivity contribution in [2.75, 3.05) is 20.3 Å². The molecule has 4 aromatic rings. The summed E-state index contributed by atoms with van der Waals surface area (Å²) < 4.78 is 30.4. The highest BCUT2D eigenvalue weighted by Gasteiger charge is 2.26. The molecule has 0 bridgehead atoms. The molecule has 34 heavy (non-hydrogen) atoms. The van der Waals surface area contributed by atoms with E-state index < -0.39 is 0 Å². The molecule has 0 spiro atoms. The molecule has 6 heteroatoms. The van der Waals surface area contributed by atoms with Crippen LogP contribution in [0.2, 0.25) is 0 Å².